The number of nitrogens with two attached hydrogens (primary N) is 1. The van der Waals surface area contributed by atoms with E-state index in [4.69, 9.17) is 10.9 Å². The van der Waals surface area contributed by atoms with Gasteiger partial charge in [-0.3, -0.25) is 15.8 Å². The second kappa shape index (κ2) is 5.11. The van der Waals surface area contributed by atoms with Crippen molar-refractivity contribution in [3.8, 4) is 0 Å². The largest absolute Gasteiger partial charge is 0.340 e. The maximum Gasteiger partial charge on any atom is 0.340 e. The lowest BCUT2D eigenvalue weighted by atomic mass is 10.4. The van der Waals surface area contributed by atoms with Gasteiger partial charge < -0.3 is 11.1 Å². The molecule has 1 aliphatic heterocycles. The van der Waals surface area contributed by atoms with E-state index in [1.165, 1.54) is 7.05 Å². The number of nitrogens with zero attached hydrogens (tertiary/aromatic N) is 1. The van der Waals surface area contributed by atoms with E-state index < -0.39 is 6.03 Å². The minimum atomic E-state index is -0.494. The molecule has 0 saturated carbocycles. The average molecular weight is 203 g/mol. The lowest BCUT2D eigenvalue weighted by Gasteiger charge is -2.13. The monoisotopic (exact) mass is 203 g/mol. The van der Waals surface area contributed by atoms with Crippen LogP contribution in [0.5, 0.6) is 0 Å². The molecule has 2 atom stereocenters. The Morgan fingerprint density at radius 1 is 1.71 bits per heavy atom. The molecule has 0 bridgehead atoms. The number of carbonyl (C=O) groups is 1. The number of hydrogen-bond acceptors (Lipinski definition) is 5. The number of urea groups is 1. The van der Waals surface area contributed by atoms with E-state index >= 15 is 0 Å². The number of hydroxylamine groups is 2. The molecule has 6 N–H and O–H groups in total. The predicted octanol–water partition coefficient (Wildman–Crippen LogP) is -1.79. The summed E-state index contributed by atoms with van der Waals surface area (Å²) in [5.74, 6) is 0. The molecular formula is C7H17N5O2. The van der Waals surface area contributed by atoms with Gasteiger partial charge in [0.05, 0.1) is 18.9 Å². The molecule has 82 valence electrons. The van der Waals surface area contributed by atoms with Crippen LogP contribution in [-0.2, 0) is 0 Å². The molecule has 0 aromatic rings. The second-order valence-electron chi connectivity index (χ2n) is 3.16. The highest BCUT2D eigenvalue weighted by molar-refractivity contribution is 5.72. The van der Waals surface area contributed by atoms with Gasteiger partial charge in [-0.1, -0.05) is 0 Å². The molecule has 0 aromatic carbocycles. The lowest BCUT2D eigenvalue weighted by Crippen LogP contribution is -2.37. The summed E-state index contributed by atoms with van der Waals surface area (Å²) < 4.78 is 0. The third-order valence-electron chi connectivity index (χ3n) is 1.98. The molecule has 1 heterocycles. The number of hydrogen-bond donors (Lipinski definition) is 5. The number of carbonyl (C=O) groups excluding carboxylic acids is 1. The summed E-state index contributed by atoms with van der Waals surface area (Å²) in [5, 5.41) is 18.2. The quantitative estimate of drug-likeness (QED) is 0.157. The van der Waals surface area contributed by atoms with Crippen LogP contribution in [0.1, 0.15) is 6.42 Å². The molecule has 1 rings (SSSR count). The first-order chi connectivity index (χ1) is 6.65. The van der Waals surface area contributed by atoms with Crippen molar-refractivity contribution in [3.05, 3.63) is 0 Å². The van der Waals surface area contributed by atoms with Crippen molar-refractivity contribution < 1.29 is 10.0 Å². The summed E-state index contributed by atoms with van der Waals surface area (Å²) >= 11 is 0. The molecule has 0 radical (unpaired) electrons. The van der Waals surface area contributed by atoms with E-state index in [9.17, 15) is 4.79 Å². The smallest absolute Gasteiger partial charge is 0.339 e. The minimum absolute atomic E-state index is 0.0409. The Balaban J connectivity index is 1.95. The Bertz CT molecular complexity index is 201. The number of nitrogens with one attached hydrogen (secondary N) is 3. The molecule has 0 aromatic heterocycles. The molecule has 7 heteroatoms. The van der Waals surface area contributed by atoms with Crippen molar-refractivity contribution in [2.45, 2.75) is 18.8 Å². The van der Waals surface area contributed by atoms with Crippen LogP contribution >= 0.6 is 0 Å². The first kappa shape index (κ1) is 11.2. The molecule has 2 amide bonds. The topological polar surface area (TPSA) is 113 Å². The normalized spacial score (nSPS) is 24.5. The Kier molecular flexibility index (Phi) is 4.08. The molecule has 14 heavy (non-hydrogen) atoms. The number of amides is 2. The average Bonchev–Trinajstić information content (AvgIpc) is 2.87. The Labute approximate surface area is 82.6 Å². The molecule has 2 unspecified atom stereocenters. The van der Waals surface area contributed by atoms with Gasteiger partial charge >= 0.3 is 6.03 Å². The van der Waals surface area contributed by atoms with Crippen molar-refractivity contribution in [1.82, 2.24) is 21.0 Å². The van der Waals surface area contributed by atoms with Crippen LogP contribution in [0, 0.1) is 0 Å². The standard InChI is InChI=1S/C7H17N5O2/c1-9-7(13)12(14)4-2-3-10-6-5(8)11-6/h5-6,10-11,14H,2-4,8H2,1H3,(H,9,13). The van der Waals surface area contributed by atoms with E-state index in [2.05, 4.69) is 16.0 Å². The van der Waals surface area contributed by atoms with Gasteiger partial charge in [-0.15, -0.1) is 0 Å². The van der Waals surface area contributed by atoms with Crippen molar-refractivity contribution in [2.75, 3.05) is 20.1 Å². The van der Waals surface area contributed by atoms with Crippen molar-refractivity contribution in [2.24, 2.45) is 5.73 Å². The fourth-order valence-corrected chi connectivity index (χ4v) is 1.05. The van der Waals surface area contributed by atoms with Crippen LogP contribution in [0.2, 0.25) is 0 Å². The van der Waals surface area contributed by atoms with Crippen LogP contribution in [0.3, 0.4) is 0 Å². The van der Waals surface area contributed by atoms with E-state index in [1.54, 1.807) is 0 Å². The number of rotatable bonds is 5. The van der Waals surface area contributed by atoms with E-state index in [1.807, 2.05) is 0 Å². The highest BCUT2D eigenvalue weighted by Crippen LogP contribution is 1.98. The van der Waals surface area contributed by atoms with Gasteiger partial charge in [0.2, 0.25) is 0 Å². The molecule has 1 aliphatic rings. The highest BCUT2D eigenvalue weighted by atomic mass is 16.5. The minimum Gasteiger partial charge on any atom is -0.339 e. The SMILES string of the molecule is CNC(=O)N(O)CCCNC1NC1N. The Morgan fingerprint density at radius 3 is 2.86 bits per heavy atom. The van der Waals surface area contributed by atoms with Crippen LogP contribution < -0.4 is 21.7 Å². The molecular weight excluding hydrogens is 186 g/mol. The molecule has 0 spiro atoms. The summed E-state index contributed by atoms with van der Waals surface area (Å²) in [7, 11) is 1.47. The third kappa shape index (κ3) is 3.46. The summed E-state index contributed by atoms with van der Waals surface area (Å²) in [6.07, 6.45) is 0.899. The summed E-state index contributed by atoms with van der Waals surface area (Å²) in [5.41, 5.74) is 5.48. The van der Waals surface area contributed by atoms with Crippen LogP contribution in [0.15, 0.2) is 0 Å². The van der Waals surface area contributed by atoms with Gasteiger partial charge in [0.15, 0.2) is 0 Å². The van der Waals surface area contributed by atoms with E-state index in [0.29, 0.717) is 24.6 Å². The van der Waals surface area contributed by atoms with Gasteiger partial charge in [-0.05, 0) is 13.0 Å². The predicted molar refractivity (Wildman–Crippen MR) is 50.5 cm³/mol. The summed E-state index contributed by atoms with van der Waals surface area (Å²) in [6, 6.07) is -0.494. The fraction of sp³-hybridized carbons (Fsp3) is 0.857. The maximum atomic E-state index is 10.8. The van der Waals surface area contributed by atoms with Gasteiger partial charge in [0, 0.05) is 7.05 Å². The first-order valence-corrected chi connectivity index (χ1v) is 4.58. The maximum absolute atomic E-state index is 10.8. The van der Waals surface area contributed by atoms with Crippen molar-refractivity contribution in [1.29, 1.82) is 0 Å². The second-order valence-corrected chi connectivity index (χ2v) is 3.16. The molecule has 1 saturated heterocycles. The zero-order valence-electron chi connectivity index (χ0n) is 8.16. The molecule has 0 aliphatic carbocycles. The third-order valence-corrected chi connectivity index (χ3v) is 1.98. The van der Waals surface area contributed by atoms with Crippen molar-refractivity contribution in [3.63, 3.8) is 0 Å². The van der Waals surface area contributed by atoms with Crippen LogP contribution in [0.25, 0.3) is 0 Å². The zero-order chi connectivity index (χ0) is 10.6. The highest BCUT2D eigenvalue weighted by Gasteiger charge is 2.30. The molecule has 1 fully saturated rings. The van der Waals surface area contributed by atoms with Gasteiger partial charge in [0.25, 0.3) is 0 Å². The van der Waals surface area contributed by atoms with Crippen LogP contribution in [-0.4, -0.2) is 48.8 Å². The van der Waals surface area contributed by atoms with Gasteiger partial charge in [0.1, 0.15) is 0 Å². The lowest BCUT2D eigenvalue weighted by molar-refractivity contribution is -0.0428. The Morgan fingerprint density at radius 2 is 2.36 bits per heavy atom. The summed E-state index contributed by atoms with van der Waals surface area (Å²) in [4.78, 5) is 10.8. The van der Waals surface area contributed by atoms with E-state index in [-0.39, 0.29) is 12.3 Å². The van der Waals surface area contributed by atoms with Crippen LogP contribution in [0.4, 0.5) is 4.79 Å². The van der Waals surface area contributed by atoms with Gasteiger partial charge in [-0.2, -0.15) is 0 Å². The van der Waals surface area contributed by atoms with Gasteiger partial charge in [-0.25, -0.2) is 9.86 Å². The fourth-order valence-electron chi connectivity index (χ4n) is 1.05. The summed E-state index contributed by atoms with van der Waals surface area (Å²) in [6.45, 7) is 1.01. The van der Waals surface area contributed by atoms with E-state index in [0.717, 1.165) is 0 Å². The molecule has 7 nitrogen and oxygen atoms in total. The van der Waals surface area contributed by atoms with Crippen molar-refractivity contribution >= 4 is 6.03 Å². The zero-order valence-corrected chi connectivity index (χ0v) is 8.16. The first-order valence-electron chi connectivity index (χ1n) is 4.58. The Hall–Kier alpha value is -0.890.